The van der Waals surface area contributed by atoms with Crippen molar-refractivity contribution in [1.82, 2.24) is 19.5 Å². The van der Waals surface area contributed by atoms with E-state index in [-0.39, 0.29) is 0 Å². The molecule has 0 saturated heterocycles. The number of nitrogens with zero attached hydrogens (tertiary/aromatic N) is 4. The Balaban J connectivity index is 2.19. The minimum Gasteiger partial charge on any atom is -0.354 e. The fourth-order valence-corrected chi connectivity index (χ4v) is 1.92. The average molecular weight is 259 g/mol. The molecule has 0 aromatic carbocycles. The lowest BCUT2D eigenvalue weighted by molar-refractivity contribution is 0.706. The number of hydrogen-bond donors (Lipinski definition) is 1. The van der Waals surface area contributed by atoms with Gasteiger partial charge in [0.15, 0.2) is 0 Å². The van der Waals surface area contributed by atoms with Crippen molar-refractivity contribution in [3.8, 4) is 0 Å². The van der Waals surface area contributed by atoms with E-state index in [4.69, 9.17) is 0 Å². The van der Waals surface area contributed by atoms with E-state index in [2.05, 4.69) is 38.7 Å². The molecule has 5 nitrogen and oxygen atoms in total. The summed E-state index contributed by atoms with van der Waals surface area (Å²) in [6.45, 7) is 8.11. The molecule has 2 heterocycles. The predicted octanol–water partition coefficient (Wildman–Crippen LogP) is 2.41. The lowest BCUT2D eigenvalue weighted by Crippen LogP contribution is -2.09. The van der Waals surface area contributed by atoms with Gasteiger partial charge in [0.1, 0.15) is 5.82 Å². The molecule has 0 radical (unpaired) electrons. The summed E-state index contributed by atoms with van der Waals surface area (Å²) >= 11 is 0. The van der Waals surface area contributed by atoms with Gasteiger partial charge in [-0.05, 0) is 25.8 Å². The van der Waals surface area contributed by atoms with Crippen molar-refractivity contribution in [3.05, 3.63) is 35.7 Å². The number of aryl methyl sites for hydroxylation is 2. The van der Waals surface area contributed by atoms with Gasteiger partial charge in [0.25, 0.3) is 0 Å². The van der Waals surface area contributed by atoms with E-state index in [1.165, 1.54) is 0 Å². The molecule has 0 saturated carbocycles. The van der Waals surface area contributed by atoms with Crippen LogP contribution >= 0.6 is 0 Å². The van der Waals surface area contributed by atoms with Crippen molar-refractivity contribution < 1.29 is 0 Å². The van der Waals surface area contributed by atoms with Crippen molar-refractivity contribution in [2.24, 2.45) is 0 Å². The summed E-state index contributed by atoms with van der Waals surface area (Å²) in [5.41, 5.74) is 2.14. The molecule has 0 aliphatic rings. The van der Waals surface area contributed by atoms with Gasteiger partial charge in [-0.2, -0.15) is 0 Å². The zero-order chi connectivity index (χ0) is 13.7. The van der Waals surface area contributed by atoms with E-state index in [0.717, 1.165) is 43.0 Å². The molecular formula is C14H21N5. The summed E-state index contributed by atoms with van der Waals surface area (Å²) in [5, 5.41) is 3.22. The Bertz CT molecular complexity index is 532. The third-order valence-electron chi connectivity index (χ3n) is 3.08. The maximum Gasteiger partial charge on any atom is 0.222 e. The molecule has 2 rings (SSSR count). The first-order valence-electron chi connectivity index (χ1n) is 6.81. The van der Waals surface area contributed by atoms with Gasteiger partial charge in [0.2, 0.25) is 5.95 Å². The zero-order valence-electron chi connectivity index (χ0n) is 11.8. The molecule has 0 atom stereocenters. The van der Waals surface area contributed by atoms with Crippen LogP contribution in [-0.4, -0.2) is 26.1 Å². The Labute approximate surface area is 114 Å². The maximum atomic E-state index is 4.58. The molecule has 0 aliphatic carbocycles. The summed E-state index contributed by atoms with van der Waals surface area (Å²) in [6, 6.07) is 0. The van der Waals surface area contributed by atoms with Crippen LogP contribution in [0.25, 0.3) is 0 Å². The number of imidazole rings is 1. The maximum absolute atomic E-state index is 4.58. The predicted molar refractivity (Wildman–Crippen MR) is 76.3 cm³/mol. The molecule has 0 amide bonds. The number of aromatic nitrogens is 4. The Hall–Kier alpha value is -1.91. The highest BCUT2D eigenvalue weighted by molar-refractivity contribution is 5.30. The summed E-state index contributed by atoms with van der Waals surface area (Å²) in [5.74, 6) is 1.75. The van der Waals surface area contributed by atoms with Crippen LogP contribution in [0.5, 0.6) is 0 Å². The van der Waals surface area contributed by atoms with Gasteiger partial charge in [-0.15, -0.1) is 0 Å². The zero-order valence-corrected chi connectivity index (χ0v) is 11.8. The van der Waals surface area contributed by atoms with E-state index in [0.29, 0.717) is 5.95 Å². The van der Waals surface area contributed by atoms with Gasteiger partial charge < -0.3 is 9.88 Å². The van der Waals surface area contributed by atoms with Crippen molar-refractivity contribution >= 4 is 5.95 Å². The summed E-state index contributed by atoms with van der Waals surface area (Å²) < 4.78 is 2.14. The lowest BCUT2D eigenvalue weighted by atomic mass is 10.2. The first-order valence-corrected chi connectivity index (χ1v) is 6.81. The van der Waals surface area contributed by atoms with Gasteiger partial charge in [-0.25, -0.2) is 15.0 Å². The monoisotopic (exact) mass is 259 g/mol. The van der Waals surface area contributed by atoms with Crippen LogP contribution in [0.4, 0.5) is 5.95 Å². The van der Waals surface area contributed by atoms with Gasteiger partial charge in [-0.1, -0.05) is 6.92 Å². The van der Waals surface area contributed by atoms with Crippen LogP contribution in [0, 0.1) is 6.92 Å². The summed E-state index contributed by atoms with van der Waals surface area (Å²) in [4.78, 5) is 13.3. The number of rotatable bonds is 6. The van der Waals surface area contributed by atoms with Crippen molar-refractivity contribution in [3.63, 3.8) is 0 Å². The molecule has 102 valence electrons. The number of nitrogens with one attached hydrogen (secondary N) is 1. The van der Waals surface area contributed by atoms with E-state index in [1.807, 2.05) is 25.5 Å². The average Bonchev–Trinajstić information content (AvgIpc) is 2.87. The first kappa shape index (κ1) is 13.5. The minimum atomic E-state index is 0.706. The van der Waals surface area contributed by atoms with E-state index in [9.17, 15) is 0 Å². The summed E-state index contributed by atoms with van der Waals surface area (Å²) in [6.07, 6.45) is 7.52. The standard InChI is InChI=1S/C14H21N5/c1-4-6-16-14-17-10-11(3)12(18-14)9-13-15-7-8-19(13)5-2/h7-8,10H,4-6,9H2,1-3H3,(H,16,17,18). The smallest absolute Gasteiger partial charge is 0.222 e. The number of anilines is 1. The quantitative estimate of drug-likeness (QED) is 0.865. The molecular weight excluding hydrogens is 238 g/mol. The normalized spacial score (nSPS) is 10.7. The fraction of sp³-hybridized carbons (Fsp3) is 0.500. The second kappa shape index (κ2) is 6.31. The van der Waals surface area contributed by atoms with Crippen LogP contribution < -0.4 is 5.32 Å². The molecule has 1 N–H and O–H groups in total. The fourth-order valence-electron chi connectivity index (χ4n) is 1.92. The Morgan fingerprint density at radius 3 is 2.84 bits per heavy atom. The molecule has 19 heavy (non-hydrogen) atoms. The second-order valence-electron chi connectivity index (χ2n) is 4.56. The topological polar surface area (TPSA) is 55.6 Å². The molecule has 0 spiro atoms. The third kappa shape index (κ3) is 3.30. The Morgan fingerprint density at radius 2 is 2.11 bits per heavy atom. The SMILES string of the molecule is CCCNc1ncc(C)c(Cc2nccn2CC)n1. The highest BCUT2D eigenvalue weighted by atomic mass is 15.1. The molecule has 0 unspecified atom stereocenters. The van der Waals surface area contributed by atoms with E-state index in [1.54, 1.807) is 0 Å². The van der Waals surface area contributed by atoms with Crippen LogP contribution in [0.15, 0.2) is 18.6 Å². The van der Waals surface area contributed by atoms with Crippen molar-refractivity contribution in [2.75, 3.05) is 11.9 Å². The van der Waals surface area contributed by atoms with Gasteiger partial charge in [0.05, 0.1) is 5.69 Å². The third-order valence-corrected chi connectivity index (χ3v) is 3.08. The van der Waals surface area contributed by atoms with Gasteiger partial charge in [0, 0.05) is 38.1 Å². The van der Waals surface area contributed by atoms with Crippen LogP contribution in [-0.2, 0) is 13.0 Å². The van der Waals surface area contributed by atoms with Crippen molar-refractivity contribution in [1.29, 1.82) is 0 Å². The van der Waals surface area contributed by atoms with E-state index < -0.39 is 0 Å². The molecule has 0 bridgehead atoms. The first-order chi connectivity index (χ1) is 9.24. The molecule has 2 aromatic heterocycles. The van der Waals surface area contributed by atoms with Gasteiger partial charge in [-0.3, -0.25) is 0 Å². The minimum absolute atomic E-state index is 0.706. The molecule has 2 aromatic rings. The summed E-state index contributed by atoms with van der Waals surface area (Å²) in [7, 11) is 0. The largest absolute Gasteiger partial charge is 0.354 e. The lowest BCUT2D eigenvalue weighted by Gasteiger charge is -2.09. The van der Waals surface area contributed by atoms with Gasteiger partial charge >= 0.3 is 0 Å². The highest BCUT2D eigenvalue weighted by Gasteiger charge is 2.08. The van der Waals surface area contributed by atoms with Crippen molar-refractivity contribution in [2.45, 2.75) is 40.2 Å². The molecule has 0 fully saturated rings. The highest BCUT2D eigenvalue weighted by Crippen LogP contribution is 2.12. The van der Waals surface area contributed by atoms with Crippen LogP contribution in [0.2, 0.25) is 0 Å². The second-order valence-corrected chi connectivity index (χ2v) is 4.56. The molecule has 5 heteroatoms. The van der Waals surface area contributed by atoms with Crippen LogP contribution in [0.1, 0.15) is 37.4 Å². The van der Waals surface area contributed by atoms with E-state index >= 15 is 0 Å². The molecule has 0 aliphatic heterocycles. The van der Waals surface area contributed by atoms with Crippen LogP contribution in [0.3, 0.4) is 0 Å². The Kier molecular flexibility index (Phi) is 4.49. The number of hydrogen-bond acceptors (Lipinski definition) is 4. The Morgan fingerprint density at radius 1 is 1.26 bits per heavy atom.